The minimum absolute atomic E-state index is 0. The van der Waals surface area contributed by atoms with Crippen molar-refractivity contribution in [2.24, 2.45) is 0 Å². The molecule has 7 heteroatoms. The van der Waals surface area contributed by atoms with Gasteiger partial charge < -0.3 is 10.2 Å². The first-order valence-electron chi connectivity index (χ1n) is 10.3. The van der Waals surface area contributed by atoms with E-state index in [2.05, 4.69) is 21.2 Å². The van der Waals surface area contributed by atoms with E-state index in [4.69, 9.17) is 11.6 Å². The van der Waals surface area contributed by atoms with Gasteiger partial charge in [-0.1, -0.05) is 23.7 Å². The summed E-state index contributed by atoms with van der Waals surface area (Å²) in [6.07, 6.45) is 2.61. The van der Waals surface area contributed by atoms with Gasteiger partial charge in [0.05, 0.1) is 10.7 Å². The van der Waals surface area contributed by atoms with E-state index >= 15 is 0 Å². The summed E-state index contributed by atoms with van der Waals surface area (Å²) in [6.45, 7) is 4.81. The maximum atomic E-state index is 12.6. The summed E-state index contributed by atoms with van der Waals surface area (Å²) in [4.78, 5) is 28.8. The number of nitrogens with one attached hydrogen (secondary N) is 1. The molecule has 0 spiro atoms. The van der Waals surface area contributed by atoms with Crippen molar-refractivity contribution in [2.75, 3.05) is 42.9 Å². The zero-order chi connectivity index (χ0) is 20.2. The van der Waals surface area contributed by atoms with Gasteiger partial charge in [0, 0.05) is 50.3 Å². The van der Waals surface area contributed by atoms with Crippen LogP contribution in [0.4, 0.5) is 11.4 Å². The topological polar surface area (TPSA) is 52.7 Å². The summed E-state index contributed by atoms with van der Waals surface area (Å²) in [5.41, 5.74) is 3.76. The lowest BCUT2D eigenvalue weighted by molar-refractivity contribution is -0.116. The van der Waals surface area contributed by atoms with Crippen molar-refractivity contribution in [3.63, 3.8) is 0 Å². The Labute approximate surface area is 188 Å². The Bertz CT molecular complexity index is 911. The second-order valence-corrected chi connectivity index (χ2v) is 8.13. The van der Waals surface area contributed by atoms with Gasteiger partial charge in [0.15, 0.2) is 5.78 Å². The molecule has 160 valence electrons. The van der Waals surface area contributed by atoms with E-state index in [1.807, 2.05) is 36.4 Å². The summed E-state index contributed by atoms with van der Waals surface area (Å²) < 4.78 is 0. The summed E-state index contributed by atoms with van der Waals surface area (Å²) in [6, 6.07) is 13.6. The van der Waals surface area contributed by atoms with Crippen molar-refractivity contribution < 1.29 is 9.59 Å². The summed E-state index contributed by atoms with van der Waals surface area (Å²) in [5, 5.41) is 3.66. The second kappa shape index (κ2) is 10.3. The predicted octanol–water partition coefficient (Wildman–Crippen LogP) is 4.43. The van der Waals surface area contributed by atoms with Crippen LogP contribution in [0.2, 0.25) is 5.02 Å². The predicted molar refractivity (Wildman–Crippen MR) is 124 cm³/mol. The number of halogens is 2. The molecular formula is C23H27Cl2N3O2. The van der Waals surface area contributed by atoms with Gasteiger partial charge in [-0.15, -0.1) is 12.4 Å². The molecule has 2 aliphatic heterocycles. The van der Waals surface area contributed by atoms with E-state index in [1.165, 1.54) is 0 Å². The van der Waals surface area contributed by atoms with E-state index in [0.717, 1.165) is 66.7 Å². The average molecular weight is 448 g/mol. The molecule has 1 fully saturated rings. The molecule has 0 radical (unpaired) electrons. The second-order valence-electron chi connectivity index (χ2n) is 7.73. The molecular weight excluding hydrogens is 421 g/mol. The van der Waals surface area contributed by atoms with Gasteiger partial charge in [-0.25, -0.2) is 0 Å². The first kappa shape index (κ1) is 22.6. The summed E-state index contributed by atoms with van der Waals surface area (Å²) in [7, 11) is 0. The van der Waals surface area contributed by atoms with Crippen LogP contribution in [0.5, 0.6) is 0 Å². The number of carbonyl (C=O) groups excluding carboxylic acids is 2. The number of ketones is 1. The van der Waals surface area contributed by atoms with Crippen LogP contribution in [-0.2, 0) is 11.2 Å². The largest absolute Gasteiger partial charge is 0.368 e. The zero-order valence-electron chi connectivity index (χ0n) is 16.9. The molecule has 5 nitrogen and oxygen atoms in total. The fourth-order valence-corrected chi connectivity index (χ4v) is 4.34. The summed E-state index contributed by atoms with van der Waals surface area (Å²) in [5.74, 6) is 0.227. The number of benzene rings is 2. The summed E-state index contributed by atoms with van der Waals surface area (Å²) >= 11 is 6.31. The fraction of sp³-hybridized carbons (Fsp3) is 0.391. The molecule has 0 aliphatic carbocycles. The lowest BCUT2D eigenvalue weighted by Crippen LogP contribution is -2.46. The van der Waals surface area contributed by atoms with Crippen molar-refractivity contribution in [3.05, 3.63) is 58.6 Å². The maximum absolute atomic E-state index is 12.6. The molecule has 30 heavy (non-hydrogen) atoms. The van der Waals surface area contributed by atoms with Crippen molar-refractivity contribution >= 4 is 47.1 Å². The highest BCUT2D eigenvalue weighted by Gasteiger charge is 2.19. The van der Waals surface area contributed by atoms with Gasteiger partial charge in [-0.3, -0.25) is 14.5 Å². The number of aryl methyl sites for hydroxylation is 1. The minimum Gasteiger partial charge on any atom is -0.368 e. The van der Waals surface area contributed by atoms with Crippen LogP contribution >= 0.6 is 24.0 Å². The molecule has 0 saturated carbocycles. The Morgan fingerprint density at radius 1 is 1.03 bits per heavy atom. The molecule has 1 amide bonds. The zero-order valence-corrected chi connectivity index (χ0v) is 18.5. The lowest BCUT2D eigenvalue weighted by Gasteiger charge is -2.36. The van der Waals surface area contributed by atoms with Crippen LogP contribution in [-0.4, -0.2) is 49.3 Å². The van der Waals surface area contributed by atoms with Crippen LogP contribution in [0.25, 0.3) is 0 Å². The van der Waals surface area contributed by atoms with Gasteiger partial charge in [-0.05, 0) is 55.3 Å². The number of fused-ring (bicyclic) bond motifs is 1. The maximum Gasteiger partial charge on any atom is 0.224 e. The third kappa shape index (κ3) is 5.34. The molecule has 2 aliphatic rings. The van der Waals surface area contributed by atoms with Crippen molar-refractivity contribution in [1.29, 1.82) is 0 Å². The Morgan fingerprint density at radius 2 is 1.80 bits per heavy atom. The fourth-order valence-electron chi connectivity index (χ4n) is 4.08. The number of piperazine rings is 1. The SMILES string of the molecule is Cl.O=C1CCc2cc(C(=O)CCCN3CCN(c4ccccc4Cl)CC3)ccc2N1. The number of anilines is 2. The van der Waals surface area contributed by atoms with Gasteiger partial charge >= 0.3 is 0 Å². The molecule has 4 rings (SSSR count). The molecule has 0 unspecified atom stereocenters. The molecule has 0 bridgehead atoms. The third-order valence-corrected chi connectivity index (χ3v) is 6.09. The van der Waals surface area contributed by atoms with Crippen molar-refractivity contribution in [2.45, 2.75) is 25.7 Å². The number of rotatable bonds is 6. The van der Waals surface area contributed by atoms with Crippen LogP contribution in [0.15, 0.2) is 42.5 Å². The lowest BCUT2D eigenvalue weighted by atomic mass is 9.97. The van der Waals surface area contributed by atoms with E-state index in [9.17, 15) is 9.59 Å². The highest BCUT2D eigenvalue weighted by molar-refractivity contribution is 6.33. The van der Waals surface area contributed by atoms with E-state index in [0.29, 0.717) is 19.3 Å². The number of Topliss-reactive ketones (excluding diaryl/α,β-unsaturated/α-hetero) is 1. The van der Waals surface area contributed by atoms with Crippen molar-refractivity contribution in [3.8, 4) is 0 Å². The molecule has 0 aromatic heterocycles. The molecule has 2 aromatic rings. The quantitative estimate of drug-likeness (QED) is 0.665. The number of hydrogen-bond acceptors (Lipinski definition) is 4. The number of nitrogens with zero attached hydrogens (tertiary/aromatic N) is 2. The Hall–Kier alpha value is -2.08. The molecule has 0 atom stereocenters. The van der Waals surface area contributed by atoms with Gasteiger partial charge in [0.25, 0.3) is 0 Å². The molecule has 2 aromatic carbocycles. The van der Waals surface area contributed by atoms with E-state index < -0.39 is 0 Å². The Morgan fingerprint density at radius 3 is 2.57 bits per heavy atom. The smallest absolute Gasteiger partial charge is 0.224 e. The highest BCUT2D eigenvalue weighted by Crippen LogP contribution is 2.26. The highest BCUT2D eigenvalue weighted by atomic mass is 35.5. The van der Waals surface area contributed by atoms with E-state index in [-0.39, 0.29) is 24.1 Å². The normalized spacial score (nSPS) is 16.4. The van der Waals surface area contributed by atoms with Crippen LogP contribution in [0.3, 0.4) is 0 Å². The molecule has 1 saturated heterocycles. The van der Waals surface area contributed by atoms with Crippen molar-refractivity contribution in [1.82, 2.24) is 4.90 Å². The number of carbonyl (C=O) groups is 2. The number of amides is 1. The first-order valence-corrected chi connectivity index (χ1v) is 10.7. The van der Waals surface area contributed by atoms with Crippen LogP contribution in [0, 0.1) is 0 Å². The first-order chi connectivity index (χ1) is 14.1. The molecule has 2 heterocycles. The molecule has 1 N–H and O–H groups in total. The van der Waals surface area contributed by atoms with Crippen LogP contribution in [0.1, 0.15) is 35.2 Å². The standard InChI is InChI=1S/C23H26ClN3O2.ClH/c24-19-4-1-2-5-21(19)27-14-12-26(13-15-27)11-3-6-22(28)18-7-9-20-17(16-18)8-10-23(29)25-20;/h1-2,4-5,7,9,16H,3,6,8,10-15H2,(H,25,29);1H. The minimum atomic E-state index is 0. The average Bonchev–Trinajstić information content (AvgIpc) is 2.74. The third-order valence-electron chi connectivity index (χ3n) is 5.77. The van der Waals surface area contributed by atoms with Gasteiger partial charge in [0.1, 0.15) is 0 Å². The number of hydrogen-bond donors (Lipinski definition) is 1. The van der Waals surface area contributed by atoms with E-state index in [1.54, 1.807) is 0 Å². The Kier molecular flexibility index (Phi) is 7.75. The van der Waals surface area contributed by atoms with Gasteiger partial charge in [-0.2, -0.15) is 0 Å². The van der Waals surface area contributed by atoms with Gasteiger partial charge in [0.2, 0.25) is 5.91 Å². The Balaban J connectivity index is 0.00000256. The van der Waals surface area contributed by atoms with Crippen LogP contribution < -0.4 is 10.2 Å². The number of para-hydroxylation sites is 1. The monoisotopic (exact) mass is 447 g/mol.